The fourth-order valence-electron chi connectivity index (χ4n) is 4.86. The van der Waals surface area contributed by atoms with E-state index in [0.717, 1.165) is 28.7 Å². The van der Waals surface area contributed by atoms with E-state index in [0.29, 0.717) is 5.56 Å². The smallest absolute Gasteiger partial charge is 0.0991 e. The fraction of sp³-hybridized carbons (Fsp3) is 0.242. The lowest BCUT2D eigenvalue weighted by Crippen LogP contribution is -2.42. The highest BCUT2D eigenvalue weighted by atomic mass is 127. The molecule has 1 unspecified atom stereocenters. The van der Waals surface area contributed by atoms with Crippen LogP contribution in [0.3, 0.4) is 0 Å². The summed E-state index contributed by atoms with van der Waals surface area (Å²) in [7, 11) is 0. The Bertz CT molecular complexity index is 1430. The third kappa shape index (κ3) is 6.67. The van der Waals surface area contributed by atoms with Crippen molar-refractivity contribution in [1.82, 2.24) is 10.3 Å². The first-order valence-corrected chi connectivity index (χ1v) is 13.8. The van der Waals surface area contributed by atoms with Gasteiger partial charge in [0.15, 0.2) is 0 Å². The van der Waals surface area contributed by atoms with Gasteiger partial charge in [0, 0.05) is 27.9 Å². The van der Waals surface area contributed by atoms with E-state index in [-0.39, 0.29) is 18.0 Å². The van der Waals surface area contributed by atoms with Gasteiger partial charge in [0.25, 0.3) is 0 Å². The van der Waals surface area contributed by atoms with Gasteiger partial charge in [-0.1, -0.05) is 54.6 Å². The van der Waals surface area contributed by atoms with Gasteiger partial charge in [0.05, 0.1) is 29.2 Å². The Hall–Kier alpha value is -3.52. The van der Waals surface area contributed by atoms with E-state index in [2.05, 4.69) is 107 Å². The van der Waals surface area contributed by atoms with Crippen molar-refractivity contribution in [2.24, 2.45) is 5.41 Å². The van der Waals surface area contributed by atoms with Crippen LogP contribution in [0.15, 0.2) is 97.3 Å². The molecule has 38 heavy (non-hydrogen) atoms. The minimum Gasteiger partial charge on any atom is -0.305 e. The Morgan fingerprint density at radius 3 is 2.26 bits per heavy atom. The second-order valence-electron chi connectivity index (χ2n) is 10.3. The predicted octanol–water partition coefficient (Wildman–Crippen LogP) is 7.82. The van der Waals surface area contributed by atoms with Gasteiger partial charge >= 0.3 is 0 Å². The van der Waals surface area contributed by atoms with E-state index in [4.69, 9.17) is 0 Å². The number of nitrogens with one attached hydrogen (secondary N) is 1. The Labute approximate surface area is 239 Å². The molecular weight excluding hydrogens is 579 g/mol. The number of nitriles is 2. The van der Waals surface area contributed by atoms with Crippen molar-refractivity contribution in [2.45, 2.75) is 45.2 Å². The lowest BCUT2D eigenvalue weighted by atomic mass is 9.79. The highest BCUT2D eigenvalue weighted by Gasteiger charge is 2.34. The molecule has 4 nitrogen and oxygen atoms in total. The monoisotopic (exact) mass is 610 g/mol. The maximum absolute atomic E-state index is 10.1. The average Bonchev–Trinajstić information content (AvgIpc) is 2.96. The van der Waals surface area contributed by atoms with Crippen LogP contribution in [0.2, 0.25) is 0 Å². The van der Waals surface area contributed by atoms with E-state index in [1.165, 1.54) is 9.13 Å². The van der Waals surface area contributed by atoms with Crippen molar-refractivity contribution in [3.8, 4) is 23.3 Å². The topological polar surface area (TPSA) is 72.5 Å². The van der Waals surface area contributed by atoms with Crippen LogP contribution in [-0.4, -0.2) is 11.0 Å². The molecule has 1 N–H and O–H groups in total. The molecule has 0 aliphatic heterocycles. The standard InChI is InChI=1S/C33H31IN4/c1-23(31(19-24-9-15-30(34)16-10-24)28-7-4-6-25(18-28)20-35)38-32(33(2,3)22-36)27-13-11-26(12-14-27)29-8-5-17-37-21-29/h4-18,21,23,31-32,38H,19H2,1-3H3/t23-,31+,32?/m0/s1. The number of hydrogen-bond acceptors (Lipinski definition) is 4. The number of hydrogen-bond donors (Lipinski definition) is 1. The van der Waals surface area contributed by atoms with Crippen LogP contribution in [0, 0.1) is 31.6 Å². The maximum atomic E-state index is 10.1. The molecule has 1 heterocycles. The van der Waals surface area contributed by atoms with E-state index in [9.17, 15) is 10.5 Å². The van der Waals surface area contributed by atoms with Crippen molar-refractivity contribution < 1.29 is 0 Å². The summed E-state index contributed by atoms with van der Waals surface area (Å²) in [5.74, 6) is 0.107. The molecule has 190 valence electrons. The summed E-state index contributed by atoms with van der Waals surface area (Å²) in [5, 5.41) is 23.5. The minimum atomic E-state index is -0.647. The van der Waals surface area contributed by atoms with Gasteiger partial charge in [-0.05, 0) is 108 Å². The molecular formula is C33H31IN4. The summed E-state index contributed by atoms with van der Waals surface area (Å²) >= 11 is 2.32. The zero-order valence-corrected chi connectivity index (χ0v) is 24.1. The second kappa shape index (κ2) is 12.3. The van der Waals surface area contributed by atoms with E-state index >= 15 is 0 Å². The third-order valence-corrected chi connectivity index (χ3v) is 7.81. The molecule has 0 aliphatic carbocycles. The first kappa shape index (κ1) is 27.5. The first-order chi connectivity index (χ1) is 18.3. The normalized spacial score (nSPS) is 13.6. The average molecular weight is 611 g/mol. The lowest BCUT2D eigenvalue weighted by Gasteiger charge is -2.36. The van der Waals surface area contributed by atoms with E-state index < -0.39 is 5.41 Å². The van der Waals surface area contributed by atoms with Gasteiger partial charge in [0.1, 0.15) is 0 Å². The Kier molecular flexibility index (Phi) is 8.94. The van der Waals surface area contributed by atoms with Crippen LogP contribution < -0.4 is 5.32 Å². The van der Waals surface area contributed by atoms with Gasteiger partial charge in [-0.15, -0.1) is 0 Å². The summed E-state index contributed by atoms with van der Waals surface area (Å²) in [5.41, 5.74) is 5.58. The highest BCUT2D eigenvalue weighted by molar-refractivity contribution is 14.1. The van der Waals surface area contributed by atoms with Gasteiger partial charge in [-0.2, -0.15) is 10.5 Å². The Balaban J connectivity index is 1.67. The molecule has 0 spiro atoms. The van der Waals surface area contributed by atoms with E-state index in [1.807, 2.05) is 50.4 Å². The molecule has 0 saturated carbocycles. The number of halogens is 1. The van der Waals surface area contributed by atoms with Crippen molar-refractivity contribution in [1.29, 1.82) is 10.5 Å². The van der Waals surface area contributed by atoms with Crippen molar-refractivity contribution in [3.05, 3.63) is 123 Å². The molecule has 0 aliphatic rings. The quantitative estimate of drug-likeness (QED) is 0.196. The fourth-order valence-corrected chi connectivity index (χ4v) is 5.22. The summed E-state index contributed by atoms with van der Waals surface area (Å²) in [6, 6.07) is 33.5. The number of rotatable bonds is 9. The van der Waals surface area contributed by atoms with Crippen molar-refractivity contribution >= 4 is 22.6 Å². The third-order valence-electron chi connectivity index (χ3n) is 7.09. The molecule has 0 radical (unpaired) electrons. The first-order valence-electron chi connectivity index (χ1n) is 12.7. The molecule has 0 amide bonds. The van der Waals surface area contributed by atoms with Crippen LogP contribution in [0.25, 0.3) is 11.1 Å². The predicted molar refractivity (Wildman–Crippen MR) is 161 cm³/mol. The molecule has 0 bridgehead atoms. The van der Waals surface area contributed by atoms with Crippen LogP contribution in [0.4, 0.5) is 0 Å². The maximum Gasteiger partial charge on any atom is 0.0991 e. The SMILES string of the molecule is C[C@H](NC(c1ccc(-c2cccnc2)cc1)C(C)(C)C#N)[C@@H](Cc1ccc(I)cc1)c1cccc(C#N)c1. The largest absolute Gasteiger partial charge is 0.305 e. The van der Waals surface area contributed by atoms with Gasteiger partial charge in [-0.25, -0.2) is 0 Å². The molecule has 1 aromatic heterocycles. The molecule has 3 aromatic carbocycles. The second-order valence-corrected chi connectivity index (χ2v) is 11.5. The summed E-state index contributed by atoms with van der Waals surface area (Å²) < 4.78 is 1.20. The molecule has 3 atom stereocenters. The van der Waals surface area contributed by atoms with Crippen LogP contribution in [0.1, 0.15) is 55.0 Å². The van der Waals surface area contributed by atoms with Crippen LogP contribution >= 0.6 is 22.6 Å². The van der Waals surface area contributed by atoms with E-state index in [1.54, 1.807) is 6.20 Å². The minimum absolute atomic E-state index is 0.0267. The number of benzene rings is 3. The number of pyridine rings is 1. The Morgan fingerprint density at radius 2 is 1.63 bits per heavy atom. The van der Waals surface area contributed by atoms with Crippen molar-refractivity contribution in [2.75, 3.05) is 0 Å². The number of nitrogens with zero attached hydrogens (tertiary/aromatic N) is 3. The van der Waals surface area contributed by atoms with Gasteiger partial charge in [0.2, 0.25) is 0 Å². The van der Waals surface area contributed by atoms with Gasteiger partial charge < -0.3 is 5.32 Å². The lowest BCUT2D eigenvalue weighted by molar-refractivity contribution is 0.281. The van der Waals surface area contributed by atoms with Crippen molar-refractivity contribution in [3.63, 3.8) is 0 Å². The van der Waals surface area contributed by atoms with Crippen LogP contribution in [0.5, 0.6) is 0 Å². The molecule has 4 rings (SSSR count). The van der Waals surface area contributed by atoms with Gasteiger partial charge in [-0.3, -0.25) is 4.98 Å². The summed E-state index contributed by atoms with van der Waals surface area (Å²) in [6.45, 7) is 6.15. The molecule has 0 saturated heterocycles. The molecule has 0 fully saturated rings. The summed E-state index contributed by atoms with van der Waals surface area (Å²) in [6.07, 6.45) is 4.45. The molecule has 5 heteroatoms. The summed E-state index contributed by atoms with van der Waals surface area (Å²) in [4.78, 5) is 4.23. The zero-order valence-electron chi connectivity index (χ0n) is 21.9. The Morgan fingerprint density at radius 1 is 0.895 bits per heavy atom. The number of aromatic nitrogens is 1. The highest BCUT2D eigenvalue weighted by Crippen LogP contribution is 2.36. The molecule has 4 aromatic rings. The zero-order chi connectivity index (χ0) is 27.1. The van der Waals surface area contributed by atoms with Crippen LogP contribution in [-0.2, 0) is 6.42 Å².